The first kappa shape index (κ1) is 11.7. The van der Waals surface area contributed by atoms with E-state index in [2.05, 4.69) is 0 Å². The van der Waals surface area contributed by atoms with Crippen molar-refractivity contribution in [3.05, 3.63) is 28.3 Å². The quantitative estimate of drug-likeness (QED) is 0.634. The number of nitro benzene ring substituents is 1. The normalized spacial score (nSPS) is 22.7. The van der Waals surface area contributed by atoms with Gasteiger partial charge in [-0.2, -0.15) is 0 Å². The van der Waals surface area contributed by atoms with Crippen molar-refractivity contribution in [2.24, 2.45) is 5.73 Å². The Kier molecular flexibility index (Phi) is 3.14. The van der Waals surface area contributed by atoms with Gasteiger partial charge < -0.3 is 15.2 Å². The third-order valence-corrected chi connectivity index (χ3v) is 2.75. The van der Waals surface area contributed by atoms with E-state index in [4.69, 9.17) is 15.2 Å². The Labute approximate surface area is 98.5 Å². The van der Waals surface area contributed by atoms with Gasteiger partial charge in [0.15, 0.2) is 0 Å². The third-order valence-electron chi connectivity index (χ3n) is 2.75. The van der Waals surface area contributed by atoms with E-state index in [1.54, 1.807) is 6.07 Å². The van der Waals surface area contributed by atoms with E-state index in [0.29, 0.717) is 11.5 Å². The van der Waals surface area contributed by atoms with Crippen LogP contribution in [0, 0.1) is 10.1 Å². The minimum Gasteiger partial charge on any atom is -0.496 e. The molecule has 0 radical (unpaired) electrons. The molecule has 92 valence electrons. The van der Waals surface area contributed by atoms with E-state index in [9.17, 15) is 10.1 Å². The molecule has 1 aliphatic carbocycles. The predicted molar refractivity (Wildman–Crippen MR) is 61.3 cm³/mol. The summed E-state index contributed by atoms with van der Waals surface area (Å²) < 4.78 is 10.6. The second-order valence-electron chi connectivity index (χ2n) is 4.10. The first-order valence-corrected chi connectivity index (χ1v) is 5.34. The minimum absolute atomic E-state index is 0.0389. The highest BCUT2D eigenvalue weighted by Crippen LogP contribution is 2.31. The molecule has 17 heavy (non-hydrogen) atoms. The molecule has 0 bridgehead atoms. The summed E-state index contributed by atoms with van der Waals surface area (Å²) in [6, 6.07) is 4.57. The van der Waals surface area contributed by atoms with Crippen molar-refractivity contribution in [1.29, 1.82) is 0 Å². The van der Waals surface area contributed by atoms with Gasteiger partial charge in [0.25, 0.3) is 5.69 Å². The maximum atomic E-state index is 10.7. The maximum Gasteiger partial charge on any atom is 0.276 e. The monoisotopic (exact) mass is 238 g/mol. The summed E-state index contributed by atoms with van der Waals surface area (Å²) in [5.41, 5.74) is 5.60. The van der Waals surface area contributed by atoms with E-state index in [1.807, 2.05) is 0 Å². The molecule has 6 nitrogen and oxygen atoms in total. The molecular formula is C11H14N2O4. The number of nitro groups is 1. The van der Waals surface area contributed by atoms with Crippen molar-refractivity contribution in [3.63, 3.8) is 0 Å². The van der Waals surface area contributed by atoms with Gasteiger partial charge in [-0.3, -0.25) is 10.1 Å². The molecule has 0 heterocycles. The summed E-state index contributed by atoms with van der Waals surface area (Å²) in [4.78, 5) is 10.2. The van der Waals surface area contributed by atoms with Gasteiger partial charge in [0.1, 0.15) is 17.6 Å². The van der Waals surface area contributed by atoms with Crippen LogP contribution in [0.3, 0.4) is 0 Å². The molecule has 0 aromatic heterocycles. The molecule has 0 spiro atoms. The number of nitrogens with zero attached hydrogens (tertiary/aromatic N) is 1. The van der Waals surface area contributed by atoms with Crippen LogP contribution in [0.25, 0.3) is 0 Å². The highest BCUT2D eigenvalue weighted by molar-refractivity contribution is 5.46. The van der Waals surface area contributed by atoms with Gasteiger partial charge >= 0.3 is 0 Å². The molecular weight excluding hydrogens is 224 g/mol. The summed E-state index contributed by atoms with van der Waals surface area (Å²) in [5.74, 6) is 0.866. The fraction of sp³-hybridized carbons (Fsp3) is 0.455. The molecule has 0 aliphatic heterocycles. The Morgan fingerprint density at radius 3 is 2.53 bits per heavy atom. The molecule has 6 heteroatoms. The van der Waals surface area contributed by atoms with Crippen LogP contribution in [0.1, 0.15) is 12.8 Å². The average molecular weight is 238 g/mol. The number of nitrogens with two attached hydrogens (primary N) is 1. The van der Waals surface area contributed by atoms with E-state index in [0.717, 1.165) is 12.8 Å². The summed E-state index contributed by atoms with van der Waals surface area (Å²) in [5, 5.41) is 10.7. The summed E-state index contributed by atoms with van der Waals surface area (Å²) in [7, 11) is 1.46. The number of hydrogen-bond acceptors (Lipinski definition) is 5. The first-order valence-electron chi connectivity index (χ1n) is 5.34. The SMILES string of the molecule is COc1cc(OC2CC(N)C2)cc([N+](=O)[O-])c1. The first-order chi connectivity index (χ1) is 8.08. The zero-order valence-electron chi connectivity index (χ0n) is 9.46. The van der Waals surface area contributed by atoms with Crippen LogP contribution >= 0.6 is 0 Å². The fourth-order valence-corrected chi connectivity index (χ4v) is 1.74. The molecule has 0 amide bonds. The highest BCUT2D eigenvalue weighted by atomic mass is 16.6. The third kappa shape index (κ3) is 2.65. The standard InChI is InChI=1S/C11H14N2O4/c1-16-9-4-8(13(14)15)5-11(6-9)17-10-2-7(12)3-10/h4-7,10H,2-3,12H2,1H3. The van der Waals surface area contributed by atoms with Gasteiger partial charge in [-0.1, -0.05) is 0 Å². The van der Waals surface area contributed by atoms with Crippen molar-refractivity contribution in [1.82, 2.24) is 0 Å². The average Bonchev–Trinajstić information content (AvgIpc) is 2.26. The zero-order valence-corrected chi connectivity index (χ0v) is 9.46. The van der Waals surface area contributed by atoms with Crippen molar-refractivity contribution in [2.75, 3.05) is 7.11 Å². The topological polar surface area (TPSA) is 87.6 Å². The summed E-state index contributed by atoms with van der Waals surface area (Å²) in [6.07, 6.45) is 1.62. The Morgan fingerprint density at radius 1 is 1.35 bits per heavy atom. The molecule has 0 saturated heterocycles. The van der Waals surface area contributed by atoms with Crippen molar-refractivity contribution in [3.8, 4) is 11.5 Å². The lowest BCUT2D eigenvalue weighted by Gasteiger charge is -2.32. The number of hydrogen-bond donors (Lipinski definition) is 1. The Morgan fingerprint density at radius 2 is 2.00 bits per heavy atom. The van der Waals surface area contributed by atoms with Crippen LogP contribution in [-0.4, -0.2) is 24.2 Å². The van der Waals surface area contributed by atoms with Crippen LogP contribution in [0.15, 0.2) is 18.2 Å². The van der Waals surface area contributed by atoms with Gasteiger partial charge in [0.2, 0.25) is 0 Å². The van der Waals surface area contributed by atoms with Crippen LogP contribution in [0.2, 0.25) is 0 Å². The lowest BCUT2D eigenvalue weighted by Crippen LogP contribution is -2.43. The Balaban J connectivity index is 2.15. The predicted octanol–water partition coefficient (Wildman–Crippen LogP) is 1.47. The summed E-state index contributed by atoms with van der Waals surface area (Å²) in [6.45, 7) is 0. The minimum atomic E-state index is -0.470. The molecule has 1 aromatic rings. The molecule has 0 atom stereocenters. The smallest absolute Gasteiger partial charge is 0.276 e. The molecule has 2 rings (SSSR count). The second-order valence-corrected chi connectivity index (χ2v) is 4.10. The number of ether oxygens (including phenoxy) is 2. The molecule has 1 fully saturated rings. The van der Waals surface area contributed by atoms with Gasteiger partial charge in [-0.05, 0) is 12.8 Å². The molecule has 1 aromatic carbocycles. The lowest BCUT2D eigenvalue weighted by molar-refractivity contribution is -0.385. The number of rotatable bonds is 4. The number of methoxy groups -OCH3 is 1. The van der Waals surface area contributed by atoms with Gasteiger partial charge in [-0.25, -0.2) is 0 Å². The lowest BCUT2D eigenvalue weighted by atomic mass is 9.90. The van der Waals surface area contributed by atoms with Crippen LogP contribution in [-0.2, 0) is 0 Å². The van der Waals surface area contributed by atoms with E-state index < -0.39 is 4.92 Å². The van der Waals surface area contributed by atoms with Gasteiger partial charge in [0.05, 0.1) is 24.2 Å². The fourth-order valence-electron chi connectivity index (χ4n) is 1.74. The van der Waals surface area contributed by atoms with Crippen LogP contribution < -0.4 is 15.2 Å². The van der Waals surface area contributed by atoms with Crippen molar-refractivity contribution in [2.45, 2.75) is 25.0 Å². The zero-order chi connectivity index (χ0) is 12.4. The van der Waals surface area contributed by atoms with Crippen LogP contribution in [0.4, 0.5) is 5.69 Å². The Bertz CT molecular complexity index is 429. The van der Waals surface area contributed by atoms with Gasteiger partial charge in [-0.15, -0.1) is 0 Å². The molecule has 2 N–H and O–H groups in total. The Hall–Kier alpha value is -1.82. The summed E-state index contributed by atoms with van der Waals surface area (Å²) >= 11 is 0. The molecule has 1 aliphatic rings. The second kappa shape index (κ2) is 4.58. The molecule has 1 saturated carbocycles. The molecule has 0 unspecified atom stereocenters. The number of non-ortho nitro benzene ring substituents is 1. The van der Waals surface area contributed by atoms with Gasteiger partial charge in [0, 0.05) is 12.1 Å². The highest BCUT2D eigenvalue weighted by Gasteiger charge is 2.28. The maximum absolute atomic E-state index is 10.7. The largest absolute Gasteiger partial charge is 0.496 e. The van der Waals surface area contributed by atoms with E-state index >= 15 is 0 Å². The number of benzene rings is 1. The van der Waals surface area contributed by atoms with E-state index in [1.165, 1.54) is 19.2 Å². The van der Waals surface area contributed by atoms with Crippen LogP contribution in [0.5, 0.6) is 11.5 Å². The van der Waals surface area contributed by atoms with E-state index in [-0.39, 0.29) is 17.8 Å². The van der Waals surface area contributed by atoms with Crippen molar-refractivity contribution < 1.29 is 14.4 Å². The van der Waals surface area contributed by atoms with Crippen molar-refractivity contribution >= 4 is 5.69 Å².